The fraction of sp³-hybridized carbons (Fsp3) is 0.222. The minimum absolute atomic E-state index is 0.401. The number of carbonyl (C=O) groups excluding carboxylic acids is 2. The third-order valence-electron chi connectivity index (χ3n) is 3.95. The molecule has 0 fully saturated rings. The van der Waals surface area contributed by atoms with E-state index >= 15 is 0 Å². The van der Waals surface area contributed by atoms with Crippen LogP contribution in [0.25, 0.3) is 0 Å². The van der Waals surface area contributed by atoms with Crippen LogP contribution in [0, 0.1) is 0 Å². The molecule has 6 nitrogen and oxygen atoms in total. The van der Waals surface area contributed by atoms with Gasteiger partial charge in [0.05, 0.1) is 0 Å². The van der Waals surface area contributed by atoms with Gasteiger partial charge in [-0.1, -0.05) is 0 Å². The van der Waals surface area contributed by atoms with E-state index in [2.05, 4.69) is 11.0 Å². The first-order valence-electron chi connectivity index (χ1n) is 8.37. The van der Waals surface area contributed by atoms with Crippen LogP contribution in [-0.2, 0) is 6.35 Å². The maximum absolute atomic E-state index is 12.2. The molecule has 0 radical (unpaired) electrons. The van der Waals surface area contributed by atoms with Crippen molar-refractivity contribution >= 4 is 54.2 Å². The van der Waals surface area contributed by atoms with E-state index in [-0.39, 0.29) is 0 Å². The first kappa shape index (κ1) is 22.0. The van der Waals surface area contributed by atoms with Crippen LogP contribution >= 0.6 is 23.2 Å². The summed E-state index contributed by atoms with van der Waals surface area (Å²) in [6.45, 7) is 3.81. The Bertz CT molecular complexity index is 717. The Hall–Kier alpha value is -1.32. The number of hydrogen-bond acceptors (Lipinski definition) is 4. The summed E-state index contributed by atoms with van der Waals surface area (Å²) in [5.41, 5.74) is 5.73. The molecule has 2 N–H and O–H groups in total. The van der Waals surface area contributed by atoms with E-state index in [0.29, 0.717) is 30.0 Å². The van der Waals surface area contributed by atoms with Crippen molar-refractivity contribution in [3.05, 3.63) is 69.7 Å². The molecule has 0 saturated carbocycles. The average Bonchev–Trinajstić information content (AvgIpc) is 2.69. The van der Waals surface area contributed by atoms with Crippen LogP contribution in [0.3, 0.4) is 0 Å². The molecule has 9 heteroatoms. The van der Waals surface area contributed by atoms with Gasteiger partial charge in [-0.3, -0.25) is 0 Å². The molecule has 0 aliphatic rings. The van der Waals surface area contributed by atoms with Crippen LogP contribution in [0.15, 0.2) is 48.5 Å². The van der Waals surface area contributed by atoms with E-state index in [4.69, 9.17) is 29.6 Å². The van der Waals surface area contributed by atoms with Gasteiger partial charge in [-0.2, -0.15) is 0 Å². The van der Waals surface area contributed by atoms with Crippen LogP contribution in [0.4, 0.5) is 0 Å². The first-order chi connectivity index (χ1) is 12.9. The number of nitrogens with one attached hydrogen (secondary N) is 2. The number of carbonyl (C=O) groups is 2. The predicted octanol–water partition coefficient (Wildman–Crippen LogP) is 4.50. The van der Waals surface area contributed by atoms with Gasteiger partial charge in [-0.15, -0.1) is 0 Å². The zero-order valence-corrected chi connectivity index (χ0v) is 19.3. The fourth-order valence-corrected chi connectivity index (χ4v) is 7.20. The molecule has 0 atom stereocenters. The summed E-state index contributed by atoms with van der Waals surface area (Å²) in [6.07, 6.45) is 0. The number of hydrogen-bond donors (Lipinski definition) is 2. The van der Waals surface area contributed by atoms with E-state index in [1.807, 2.05) is 13.8 Å². The van der Waals surface area contributed by atoms with Gasteiger partial charge < -0.3 is 0 Å². The molecule has 0 aliphatic carbocycles. The zero-order chi connectivity index (χ0) is 19.9. The van der Waals surface area contributed by atoms with Crippen molar-refractivity contribution in [1.82, 2.24) is 11.0 Å². The Labute approximate surface area is 173 Å². The Morgan fingerprint density at radius 2 is 1.11 bits per heavy atom. The SMILES string of the molecule is C[CH2][Sn]([CH2]C)([O]NC(=O)c1ccc(Cl)cc1)[O]NC(=O)c1ccc(Cl)cc1. The summed E-state index contributed by atoms with van der Waals surface area (Å²) in [7, 11) is 0. The van der Waals surface area contributed by atoms with Crippen LogP contribution in [0.5, 0.6) is 0 Å². The molecule has 0 heterocycles. The quantitative estimate of drug-likeness (QED) is 0.399. The second kappa shape index (κ2) is 10.3. The molecule has 0 aromatic heterocycles. The molecule has 2 rings (SSSR count). The van der Waals surface area contributed by atoms with Crippen molar-refractivity contribution in [3.8, 4) is 0 Å². The van der Waals surface area contributed by atoms with Gasteiger partial charge >= 0.3 is 174 Å². The molecule has 0 saturated heterocycles. The van der Waals surface area contributed by atoms with E-state index in [1.54, 1.807) is 48.5 Å². The summed E-state index contributed by atoms with van der Waals surface area (Å²) < 4.78 is 12.6. The van der Waals surface area contributed by atoms with E-state index < -0.39 is 31.0 Å². The molecule has 0 unspecified atom stereocenters. The summed E-state index contributed by atoms with van der Waals surface area (Å²) in [5, 5.41) is 1.08. The number of amides is 2. The Morgan fingerprint density at radius 1 is 0.778 bits per heavy atom. The normalized spacial score (nSPS) is 11.1. The summed E-state index contributed by atoms with van der Waals surface area (Å²) in [4.78, 5) is 24.5. The molecule has 27 heavy (non-hydrogen) atoms. The van der Waals surface area contributed by atoms with E-state index in [1.165, 1.54) is 0 Å². The third-order valence-corrected chi connectivity index (χ3v) is 13.3. The third kappa shape index (κ3) is 6.36. The Kier molecular flexibility index (Phi) is 8.37. The van der Waals surface area contributed by atoms with Crippen molar-refractivity contribution in [2.45, 2.75) is 22.7 Å². The maximum atomic E-state index is 12.2. The van der Waals surface area contributed by atoms with Crippen molar-refractivity contribution in [1.29, 1.82) is 0 Å². The van der Waals surface area contributed by atoms with E-state index in [0.717, 1.165) is 0 Å². The van der Waals surface area contributed by atoms with Crippen molar-refractivity contribution < 1.29 is 15.9 Å². The molecule has 0 spiro atoms. The van der Waals surface area contributed by atoms with Crippen molar-refractivity contribution in [3.63, 3.8) is 0 Å². The second-order valence-corrected chi connectivity index (χ2v) is 17.0. The molecule has 2 aromatic carbocycles. The van der Waals surface area contributed by atoms with Gasteiger partial charge in [0.1, 0.15) is 0 Å². The van der Waals surface area contributed by atoms with Gasteiger partial charge in [0.25, 0.3) is 0 Å². The number of hydroxylamine groups is 2. The number of halogens is 2. The number of rotatable bonds is 8. The van der Waals surface area contributed by atoms with Crippen LogP contribution in [-0.4, -0.2) is 31.0 Å². The van der Waals surface area contributed by atoms with Crippen molar-refractivity contribution in [2.75, 3.05) is 0 Å². The Balaban J connectivity index is 1.97. The van der Waals surface area contributed by atoms with Crippen LogP contribution in [0.2, 0.25) is 18.9 Å². The summed E-state index contributed by atoms with van der Waals surface area (Å²) in [6, 6.07) is 12.9. The van der Waals surface area contributed by atoms with Crippen molar-refractivity contribution in [2.24, 2.45) is 0 Å². The average molecular weight is 518 g/mol. The van der Waals surface area contributed by atoms with E-state index in [9.17, 15) is 9.59 Å². The second-order valence-electron chi connectivity index (χ2n) is 5.70. The molecular weight excluding hydrogens is 498 g/mol. The first-order valence-corrected chi connectivity index (χ1v) is 15.5. The van der Waals surface area contributed by atoms with Gasteiger partial charge in [0, 0.05) is 0 Å². The number of benzene rings is 2. The molecule has 2 amide bonds. The van der Waals surface area contributed by atoms with Gasteiger partial charge in [-0.05, 0) is 0 Å². The van der Waals surface area contributed by atoms with Gasteiger partial charge in [0.15, 0.2) is 0 Å². The van der Waals surface area contributed by atoms with Gasteiger partial charge in [0.2, 0.25) is 0 Å². The molecular formula is C18H20Cl2N2O4Sn. The summed E-state index contributed by atoms with van der Waals surface area (Å²) in [5.74, 6) is -0.801. The monoisotopic (exact) mass is 518 g/mol. The molecule has 0 aliphatic heterocycles. The molecule has 144 valence electrons. The minimum atomic E-state index is -3.72. The zero-order valence-electron chi connectivity index (χ0n) is 14.9. The van der Waals surface area contributed by atoms with Gasteiger partial charge in [-0.25, -0.2) is 0 Å². The molecule has 2 aromatic rings. The predicted molar refractivity (Wildman–Crippen MR) is 107 cm³/mol. The molecule has 0 bridgehead atoms. The topological polar surface area (TPSA) is 76.7 Å². The summed E-state index contributed by atoms with van der Waals surface area (Å²) >= 11 is 7.92. The standard InChI is InChI=1S/2C7H5ClNO2.2C2H5.Sn/c2*8-6-3-1-5(2-4-6)7(10)9-11;2*1-2;/h2*1-4H,(H-,9,10,11);2*1H2,2H3;/q2*-1;;;+2. The fourth-order valence-electron chi connectivity index (χ4n) is 2.16. The van der Waals surface area contributed by atoms with Crippen LogP contribution in [0.1, 0.15) is 34.6 Å². The van der Waals surface area contributed by atoms with Crippen LogP contribution < -0.4 is 11.0 Å². The Morgan fingerprint density at radius 3 is 1.41 bits per heavy atom.